The average molecular weight is 361 g/mol. The minimum Gasteiger partial charge on any atom is -0.287 e. The van der Waals surface area contributed by atoms with Crippen LogP contribution in [-0.2, 0) is 0 Å². The van der Waals surface area contributed by atoms with E-state index in [4.69, 9.17) is 0 Å². The summed E-state index contributed by atoms with van der Waals surface area (Å²) in [6.45, 7) is 5.59. The zero-order chi connectivity index (χ0) is 16.0. The maximum Gasteiger partial charge on any atom is 0.272 e. The van der Waals surface area contributed by atoms with Gasteiger partial charge in [0.15, 0.2) is 0 Å². The van der Waals surface area contributed by atoms with E-state index in [0.717, 1.165) is 15.9 Å². The molecule has 0 unspecified atom stereocenters. The first-order chi connectivity index (χ1) is 10.4. The molecule has 3 rings (SSSR count). The summed E-state index contributed by atoms with van der Waals surface area (Å²) in [5.41, 5.74) is 3.94. The number of nitro benzene ring substituents is 1. The van der Waals surface area contributed by atoms with Crippen molar-refractivity contribution in [2.24, 2.45) is 0 Å². The fraction of sp³-hybridized carbons (Fsp3) is 0.200. The Balaban J connectivity index is 2.21. The molecule has 0 atom stereocenters. The van der Waals surface area contributed by atoms with Crippen LogP contribution in [0.4, 0.5) is 5.69 Å². The average Bonchev–Trinajstić information content (AvgIpc) is 2.89. The molecule has 1 aromatic carbocycles. The van der Waals surface area contributed by atoms with Gasteiger partial charge in [-0.25, -0.2) is 9.97 Å². The SMILES string of the molecule is Cc1ccc(-c2cn3c(C)c(Br)c(C)nc3n2)cc1[N+](=O)[O-]. The largest absolute Gasteiger partial charge is 0.287 e. The van der Waals surface area contributed by atoms with Crippen LogP contribution in [0, 0.1) is 30.9 Å². The van der Waals surface area contributed by atoms with Crippen molar-refractivity contribution in [3.8, 4) is 11.3 Å². The normalized spacial score (nSPS) is 11.1. The lowest BCUT2D eigenvalue weighted by molar-refractivity contribution is -0.385. The van der Waals surface area contributed by atoms with E-state index in [2.05, 4.69) is 25.9 Å². The molecule has 112 valence electrons. The minimum atomic E-state index is -0.376. The van der Waals surface area contributed by atoms with Crippen molar-refractivity contribution < 1.29 is 4.92 Å². The summed E-state index contributed by atoms with van der Waals surface area (Å²) in [4.78, 5) is 19.6. The number of halogens is 1. The zero-order valence-corrected chi connectivity index (χ0v) is 13.9. The van der Waals surface area contributed by atoms with E-state index in [1.54, 1.807) is 19.1 Å². The van der Waals surface area contributed by atoms with Crippen LogP contribution in [0.15, 0.2) is 28.9 Å². The Morgan fingerprint density at radius 1 is 1.23 bits per heavy atom. The molecule has 0 bridgehead atoms. The Hall–Kier alpha value is -2.28. The molecule has 22 heavy (non-hydrogen) atoms. The third-order valence-electron chi connectivity index (χ3n) is 3.65. The number of nitrogens with zero attached hydrogens (tertiary/aromatic N) is 4. The molecular formula is C15H13BrN4O2. The second-order valence-electron chi connectivity index (χ2n) is 5.15. The highest BCUT2D eigenvalue weighted by atomic mass is 79.9. The van der Waals surface area contributed by atoms with Crippen LogP contribution in [0.3, 0.4) is 0 Å². The van der Waals surface area contributed by atoms with E-state index in [1.807, 2.05) is 30.5 Å². The van der Waals surface area contributed by atoms with Crippen molar-refractivity contribution in [2.45, 2.75) is 20.8 Å². The van der Waals surface area contributed by atoms with Crippen molar-refractivity contribution in [1.29, 1.82) is 0 Å². The monoisotopic (exact) mass is 360 g/mol. The van der Waals surface area contributed by atoms with Gasteiger partial charge in [0.1, 0.15) is 0 Å². The number of imidazole rings is 1. The second-order valence-corrected chi connectivity index (χ2v) is 5.94. The molecule has 0 aliphatic rings. The number of hydrogen-bond donors (Lipinski definition) is 0. The number of fused-ring (bicyclic) bond motifs is 1. The van der Waals surface area contributed by atoms with Gasteiger partial charge >= 0.3 is 0 Å². The van der Waals surface area contributed by atoms with Gasteiger partial charge in [-0.2, -0.15) is 0 Å². The fourth-order valence-electron chi connectivity index (χ4n) is 2.37. The van der Waals surface area contributed by atoms with Crippen LogP contribution in [-0.4, -0.2) is 19.3 Å². The van der Waals surface area contributed by atoms with Gasteiger partial charge in [0, 0.05) is 29.1 Å². The van der Waals surface area contributed by atoms with Gasteiger partial charge in [0.2, 0.25) is 5.78 Å². The summed E-state index contributed by atoms with van der Waals surface area (Å²) in [5.74, 6) is 0.580. The van der Waals surface area contributed by atoms with Gasteiger partial charge in [-0.05, 0) is 36.7 Å². The third kappa shape index (κ3) is 2.27. The van der Waals surface area contributed by atoms with Crippen LogP contribution in [0.1, 0.15) is 17.0 Å². The summed E-state index contributed by atoms with van der Waals surface area (Å²) in [5, 5.41) is 11.1. The smallest absolute Gasteiger partial charge is 0.272 e. The van der Waals surface area contributed by atoms with Gasteiger partial charge < -0.3 is 0 Å². The van der Waals surface area contributed by atoms with Gasteiger partial charge in [0.05, 0.1) is 20.8 Å². The van der Waals surface area contributed by atoms with Crippen molar-refractivity contribution in [3.05, 3.63) is 55.9 Å². The van der Waals surface area contributed by atoms with Crippen molar-refractivity contribution in [2.75, 3.05) is 0 Å². The predicted octanol–water partition coefficient (Wildman–Crippen LogP) is 3.99. The molecule has 2 heterocycles. The molecular weight excluding hydrogens is 348 g/mol. The fourth-order valence-corrected chi connectivity index (χ4v) is 2.65. The zero-order valence-electron chi connectivity index (χ0n) is 12.3. The Labute approximate surface area is 135 Å². The Morgan fingerprint density at radius 3 is 2.64 bits per heavy atom. The standard InChI is InChI=1S/C15H13BrN4O2/c1-8-4-5-11(6-13(8)20(21)22)12-7-19-10(3)14(16)9(2)17-15(19)18-12/h4-7H,1-3H3. The van der Waals surface area contributed by atoms with Crippen LogP contribution >= 0.6 is 15.9 Å². The van der Waals surface area contributed by atoms with E-state index in [1.165, 1.54) is 0 Å². The third-order valence-corrected chi connectivity index (χ3v) is 4.80. The summed E-state index contributed by atoms with van der Waals surface area (Å²) in [6, 6.07) is 5.12. The predicted molar refractivity (Wildman–Crippen MR) is 87.0 cm³/mol. The Bertz CT molecular complexity index is 918. The topological polar surface area (TPSA) is 73.3 Å². The van der Waals surface area contributed by atoms with Crippen LogP contribution in [0.5, 0.6) is 0 Å². The number of aromatic nitrogens is 3. The molecule has 0 aliphatic heterocycles. The molecule has 0 aliphatic carbocycles. The van der Waals surface area contributed by atoms with E-state index < -0.39 is 0 Å². The highest BCUT2D eigenvalue weighted by Crippen LogP contribution is 2.28. The number of hydrogen-bond acceptors (Lipinski definition) is 4. The first-order valence-corrected chi connectivity index (χ1v) is 7.45. The number of nitro groups is 1. The molecule has 0 fully saturated rings. The lowest BCUT2D eigenvalue weighted by Gasteiger charge is -2.04. The first kappa shape index (κ1) is 14.6. The van der Waals surface area contributed by atoms with Crippen molar-refractivity contribution in [3.63, 3.8) is 0 Å². The van der Waals surface area contributed by atoms with E-state index >= 15 is 0 Å². The molecule has 3 aromatic rings. The maximum atomic E-state index is 11.1. The van der Waals surface area contributed by atoms with Crippen LogP contribution < -0.4 is 0 Å². The van der Waals surface area contributed by atoms with Gasteiger partial charge in [-0.15, -0.1) is 0 Å². The number of aryl methyl sites for hydroxylation is 3. The number of rotatable bonds is 2. The minimum absolute atomic E-state index is 0.0941. The highest BCUT2D eigenvalue weighted by molar-refractivity contribution is 9.10. The van der Waals surface area contributed by atoms with E-state index in [-0.39, 0.29) is 10.6 Å². The molecule has 2 aromatic heterocycles. The lowest BCUT2D eigenvalue weighted by atomic mass is 10.1. The van der Waals surface area contributed by atoms with Crippen LogP contribution in [0.2, 0.25) is 0 Å². The molecule has 0 radical (unpaired) electrons. The maximum absolute atomic E-state index is 11.1. The highest BCUT2D eigenvalue weighted by Gasteiger charge is 2.15. The summed E-state index contributed by atoms with van der Waals surface area (Å²) >= 11 is 3.51. The molecule has 0 spiro atoms. The van der Waals surface area contributed by atoms with Crippen molar-refractivity contribution in [1.82, 2.24) is 14.4 Å². The summed E-state index contributed by atoms with van der Waals surface area (Å²) in [7, 11) is 0. The Kier molecular flexibility index (Phi) is 3.44. The molecule has 7 heteroatoms. The van der Waals surface area contributed by atoms with Crippen LogP contribution in [0.25, 0.3) is 17.0 Å². The lowest BCUT2D eigenvalue weighted by Crippen LogP contribution is -1.97. The first-order valence-electron chi connectivity index (χ1n) is 6.65. The molecule has 0 saturated carbocycles. The molecule has 0 saturated heterocycles. The van der Waals surface area contributed by atoms with Gasteiger partial charge in [-0.1, -0.05) is 12.1 Å². The molecule has 0 amide bonds. The van der Waals surface area contributed by atoms with E-state index in [0.29, 0.717) is 22.6 Å². The van der Waals surface area contributed by atoms with Gasteiger partial charge in [-0.3, -0.25) is 14.5 Å². The van der Waals surface area contributed by atoms with Crippen molar-refractivity contribution >= 4 is 27.4 Å². The quantitative estimate of drug-likeness (QED) is 0.511. The number of benzene rings is 1. The molecule has 0 N–H and O–H groups in total. The summed E-state index contributed by atoms with van der Waals surface area (Å²) in [6.07, 6.45) is 1.84. The van der Waals surface area contributed by atoms with E-state index in [9.17, 15) is 10.1 Å². The van der Waals surface area contributed by atoms with Gasteiger partial charge in [0.25, 0.3) is 5.69 Å². The molecule has 6 nitrogen and oxygen atoms in total. The second kappa shape index (κ2) is 5.17. The summed E-state index contributed by atoms with van der Waals surface area (Å²) < 4.78 is 2.80. The Morgan fingerprint density at radius 2 is 1.95 bits per heavy atom.